The average Bonchev–Trinajstić information content (AvgIpc) is 3.08. The van der Waals surface area contributed by atoms with E-state index in [2.05, 4.69) is 0 Å². The van der Waals surface area contributed by atoms with Crippen LogP contribution in [0, 0.1) is 5.92 Å². The van der Waals surface area contributed by atoms with Gasteiger partial charge in [-0.05, 0) is 31.0 Å². The van der Waals surface area contributed by atoms with Gasteiger partial charge in [-0.1, -0.05) is 18.2 Å². The van der Waals surface area contributed by atoms with Gasteiger partial charge in [0.2, 0.25) is 6.29 Å². The second kappa shape index (κ2) is 17.0. The van der Waals surface area contributed by atoms with Crippen molar-refractivity contribution in [2.75, 3.05) is 26.9 Å². The van der Waals surface area contributed by atoms with Crippen LogP contribution in [-0.2, 0) is 49.2 Å². The van der Waals surface area contributed by atoms with E-state index in [0.717, 1.165) is 18.9 Å². The molecule has 0 amide bonds. The van der Waals surface area contributed by atoms with Crippen molar-refractivity contribution in [3.63, 3.8) is 0 Å². The SMILES string of the molecule is C/C=C1\[C@@H](O[C@H]2O[C@@H](CO)[C@H](O)[C@@H](O)[C@@H]2O)OC=C(C(=O)OC)[C@@H]1CC(=O)OC[C@@H]1O[C@H](OCCc2ccc(O)cc2)[C@@H](O)[C@H](O)[C@@H]1O. The Balaban J connectivity index is 1.39. The van der Waals surface area contributed by atoms with Gasteiger partial charge in [-0.3, -0.25) is 4.79 Å². The van der Waals surface area contributed by atoms with Crippen LogP contribution in [0.3, 0.4) is 0 Å². The van der Waals surface area contributed by atoms with E-state index in [1.165, 1.54) is 18.2 Å². The van der Waals surface area contributed by atoms with E-state index in [1.807, 2.05) is 0 Å². The van der Waals surface area contributed by atoms with Crippen molar-refractivity contribution >= 4 is 11.9 Å². The zero-order valence-corrected chi connectivity index (χ0v) is 26.2. The number of esters is 2. The molecule has 3 aliphatic rings. The second-order valence-corrected chi connectivity index (χ2v) is 11.4. The van der Waals surface area contributed by atoms with Gasteiger partial charge in [-0.2, -0.15) is 0 Å². The standard InChI is InChI=1S/C31H42O17/c1-3-16-17(18(28(41)42-2)12-45-29(16)48-31-27(40)24(37)22(35)19(11-32)46-31)10-21(34)44-13-20-23(36)25(38)26(39)30(47-20)43-9-8-14-4-6-15(33)7-5-14/h3-7,12,17,19-20,22-27,29-33,35-40H,8-11,13H2,1-2H3/b16-3-/t17-,19+,20+,22+,23-,24-,25-,26+,27+,29-,30+,31-/m1/s1. The van der Waals surface area contributed by atoms with Crippen molar-refractivity contribution in [2.24, 2.45) is 5.92 Å². The molecular formula is C31H42O17. The number of phenolic OH excluding ortho intramolecular Hbond substituents is 1. The van der Waals surface area contributed by atoms with Crippen molar-refractivity contribution in [1.82, 2.24) is 0 Å². The molecule has 268 valence electrons. The number of allylic oxidation sites excluding steroid dienone is 1. The van der Waals surface area contributed by atoms with Gasteiger partial charge in [0.05, 0.1) is 38.6 Å². The Morgan fingerprint density at radius 3 is 2.12 bits per heavy atom. The summed E-state index contributed by atoms with van der Waals surface area (Å²) in [4.78, 5) is 25.7. The Kier molecular flexibility index (Phi) is 13.3. The molecule has 17 heteroatoms. The van der Waals surface area contributed by atoms with Crippen LogP contribution in [0.15, 0.2) is 47.7 Å². The maximum atomic E-state index is 13.1. The fraction of sp³-hybridized carbons (Fsp3) is 0.613. The van der Waals surface area contributed by atoms with Gasteiger partial charge < -0.3 is 74.0 Å². The zero-order valence-electron chi connectivity index (χ0n) is 26.2. The van der Waals surface area contributed by atoms with Crippen LogP contribution < -0.4 is 0 Å². The predicted octanol–water partition coefficient (Wildman–Crippen LogP) is -2.52. The Labute approximate surface area is 275 Å². The molecule has 0 unspecified atom stereocenters. The van der Waals surface area contributed by atoms with E-state index >= 15 is 0 Å². The molecule has 12 atom stereocenters. The summed E-state index contributed by atoms with van der Waals surface area (Å²) >= 11 is 0. The molecule has 3 aliphatic heterocycles. The van der Waals surface area contributed by atoms with Gasteiger partial charge in [-0.25, -0.2) is 4.79 Å². The molecule has 0 radical (unpaired) electrons. The van der Waals surface area contributed by atoms with Gasteiger partial charge in [0.25, 0.3) is 0 Å². The number of carbonyl (C=O) groups is 2. The Bertz CT molecular complexity index is 1280. The largest absolute Gasteiger partial charge is 0.508 e. The fourth-order valence-corrected chi connectivity index (χ4v) is 5.47. The van der Waals surface area contributed by atoms with Gasteiger partial charge in [0.15, 0.2) is 12.6 Å². The van der Waals surface area contributed by atoms with Crippen LogP contribution in [0.4, 0.5) is 0 Å². The highest BCUT2D eigenvalue weighted by Crippen LogP contribution is 2.36. The first-order valence-electron chi connectivity index (χ1n) is 15.2. The lowest BCUT2D eigenvalue weighted by molar-refractivity contribution is -0.327. The molecule has 1 aromatic rings. The van der Waals surface area contributed by atoms with Crippen molar-refractivity contribution in [3.05, 3.63) is 53.3 Å². The molecule has 0 aromatic heterocycles. The number of hydrogen-bond acceptors (Lipinski definition) is 17. The van der Waals surface area contributed by atoms with E-state index in [4.69, 9.17) is 33.2 Å². The predicted molar refractivity (Wildman–Crippen MR) is 157 cm³/mol. The smallest absolute Gasteiger partial charge is 0.337 e. The fourth-order valence-electron chi connectivity index (χ4n) is 5.47. The lowest BCUT2D eigenvalue weighted by Gasteiger charge is -2.42. The first kappa shape index (κ1) is 37.6. The minimum absolute atomic E-state index is 0.0483. The Hall–Kier alpha value is -3.20. The van der Waals surface area contributed by atoms with Crippen LogP contribution >= 0.6 is 0 Å². The second-order valence-electron chi connectivity index (χ2n) is 11.4. The normalized spacial score (nSPS) is 36.2. The summed E-state index contributed by atoms with van der Waals surface area (Å²) in [7, 11) is 1.12. The van der Waals surface area contributed by atoms with E-state index in [0.29, 0.717) is 6.42 Å². The molecule has 17 nitrogen and oxygen atoms in total. The van der Waals surface area contributed by atoms with Crippen LogP contribution in [0.5, 0.6) is 5.75 Å². The number of rotatable bonds is 12. The molecule has 2 fully saturated rings. The maximum Gasteiger partial charge on any atom is 0.337 e. The third-order valence-electron chi connectivity index (χ3n) is 8.29. The summed E-state index contributed by atoms with van der Waals surface area (Å²) in [6.07, 6.45) is -14.6. The van der Waals surface area contributed by atoms with E-state index in [-0.39, 0.29) is 23.5 Å². The molecule has 0 bridgehead atoms. The first-order valence-corrected chi connectivity index (χ1v) is 15.2. The van der Waals surface area contributed by atoms with E-state index in [9.17, 15) is 50.4 Å². The molecule has 0 spiro atoms. The minimum Gasteiger partial charge on any atom is -0.508 e. The Morgan fingerprint density at radius 2 is 1.50 bits per heavy atom. The number of carbonyl (C=O) groups excluding carboxylic acids is 2. The highest BCUT2D eigenvalue weighted by atomic mass is 16.8. The van der Waals surface area contributed by atoms with Gasteiger partial charge in [0.1, 0.15) is 61.2 Å². The van der Waals surface area contributed by atoms with Gasteiger partial charge in [-0.15, -0.1) is 0 Å². The number of aromatic hydroxyl groups is 1. The van der Waals surface area contributed by atoms with Crippen molar-refractivity contribution < 1.29 is 83.6 Å². The number of aliphatic hydroxyl groups is 7. The molecule has 3 heterocycles. The molecular weight excluding hydrogens is 644 g/mol. The zero-order chi connectivity index (χ0) is 35.1. The number of ether oxygens (including phenoxy) is 7. The van der Waals surface area contributed by atoms with E-state index in [1.54, 1.807) is 19.1 Å². The average molecular weight is 687 g/mol. The van der Waals surface area contributed by atoms with Crippen molar-refractivity contribution in [3.8, 4) is 5.75 Å². The molecule has 0 saturated carbocycles. The summed E-state index contributed by atoms with van der Waals surface area (Å²) in [6.45, 7) is 0.335. The van der Waals surface area contributed by atoms with Crippen LogP contribution in [-0.4, -0.2) is 147 Å². The highest BCUT2D eigenvalue weighted by molar-refractivity contribution is 5.90. The summed E-state index contributed by atoms with van der Waals surface area (Å²) in [5.74, 6) is -2.69. The third kappa shape index (κ3) is 8.68. The number of hydrogen-bond donors (Lipinski definition) is 8. The van der Waals surface area contributed by atoms with Crippen LogP contribution in [0.25, 0.3) is 0 Å². The number of benzene rings is 1. The Morgan fingerprint density at radius 1 is 0.875 bits per heavy atom. The first-order chi connectivity index (χ1) is 22.9. The topological polar surface area (TPSA) is 261 Å². The number of phenols is 1. The number of aliphatic hydroxyl groups excluding tert-OH is 7. The lowest BCUT2D eigenvalue weighted by Crippen LogP contribution is -2.60. The monoisotopic (exact) mass is 686 g/mol. The van der Waals surface area contributed by atoms with Crippen LogP contribution in [0.1, 0.15) is 18.9 Å². The maximum absolute atomic E-state index is 13.1. The van der Waals surface area contributed by atoms with Crippen LogP contribution in [0.2, 0.25) is 0 Å². The molecule has 4 rings (SSSR count). The quantitative estimate of drug-likeness (QED) is 0.0834. The van der Waals surface area contributed by atoms with Crippen molar-refractivity contribution in [1.29, 1.82) is 0 Å². The summed E-state index contributed by atoms with van der Waals surface area (Å²) in [5.41, 5.74) is 0.922. The number of methoxy groups -OCH3 is 1. The summed E-state index contributed by atoms with van der Waals surface area (Å²) in [6, 6.07) is 6.37. The summed E-state index contributed by atoms with van der Waals surface area (Å²) in [5, 5.41) is 80.8. The van der Waals surface area contributed by atoms with Gasteiger partial charge in [0, 0.05) is 11.5 Å². The molecule has 0 aliphatic carbocycles. The molecule has 2 saturated heterocycles. The van der Waals surface area contributed by atoms with Crippen molar-refractivity contribution in [2.45, 2.75) is 87.5 Å². The highest BCUT2D eigenvalue weighted by Gasteiger charge is 2.48. The van der Waals surface area contributed by atoms with E-state index < -0.39 is 105 Å². The molecule has 48 heavy (non-hydrogen) atoms. The van der Waals surface area contributed by atoms with Gasteiger partial charge >= 0.3 is 11.9 Å². The minimum atomic E-state index is -1.75. The molecule has 8 N–H and O–H groups in total. The lowest BCUT2D eigenvalue weighted by atomic mass is 9.86. The third-order valence-corrected chi connectivity index (χ3v) is 8.29. The summed E-state index contributed by atoms with van der Waals surface area (Å²) < 4.78 is 38.0. The molecule has 1 aromatic carbocycles.